The summed E-state index contributed by atoms with van der Waals surface area (Å²) < 4.78 is 0. The van der Waals surface area contributed by atoms with Gasteiger partial charge in [-0.3, -0.25) is 4.79 Å². The molecule has 0 aliphatic carbocycles. The van der Waals surface area contributed by atoms with Gasteiger partial charge in [0.25, 0.3) is 0 Å². The summed E-state index contributed by atoms with van der Waals surface area (Å²) in [5, 5.41) is 6.49. The van der Waals surface area contributed by atoms with Crippen molar-refractivity contribution >= 4 is 28.8 Å². The van der Waals surface area contributed by atoms with Gasteiger partial charge in [0.15, 0.2) is 5.78 Å². The summed E-state index contributed by atoms with van der Waals surface area (Å²) in [5.74, 6) is -0.0134. The number of Topliss-reactive ketones (excluding diaryl/α,β-unsaturated/α-hetero) is 1. The van der Waals surface area contributed by atoms with Crippen molar-refractivity contribution < 1.29 is 4.79 Å². The molecule has 1 N–H and O–H groups in total. The molecule has 3 heteroatoms. The Bertz CT molecular complexity index is 907. The summed E-state index contributed by atoms with van der Waals surface area (Å²) in [6.07, 6.45) is 3.43. The van der Waals surface area contributed by atoms with Gasteiger partial charge < -0.3 is 5.43 Å². The minimum Gasteiger partial charge on any atom is -0.302 e. The summed E-state index contributed by atoms with van der Waals surface area (Å²) in [6.45, 7) is 3.88. The predicted octanol–water partition coefficient (Wildman–Crippen LogP) is 4.29. The minimum absolute atomic E-state index is 0.0134. The Labute approximate surface area is 141 Å². The van der Waals surface area contributed by atoms with Crippen LogP contribution in [0.1, 0.15) is 21.5 Å². The summed E-state index contributed by atoms with van der Waals surface area (Å²) in [5.41, 5.74) is 5.34. The van der Waals surface area contributed by atoms with Gasteiger partial charge in [-0.15, -0.1) is 0 Å². The maximum Gasteiger partial charge on any atom is 0.184 e. The second-order valence-corrected chi connectivity index (χ2v) is 5.38. The highest BCUT2D eigenvalue weighted by atomic mass is 16.1. The third kappa shape index (κ3) is 3.41. The highest BCUT2D eigenvalue weighted by Crippen LogP contribution is 2.16. The van der Waals surface area contributed by atoms with Gasteiger partial charge in [-0.1, -0.05) is 79.4 Å². The molecule has 3 rings (SSSR count). The van der Waals surface area contributed by atoms with Crippen molar-refractivity contribution in [2.24, 2.45) is 5.10 Å². The lowest BCUT2D eigenvalue weighted by Crippen LogP contribution is -2.19. The quantitative estimate of drug-likeness (QED) is 0.419. The lowest BCUT2D eigenvalue weighted by molar-refractivity contribution is 0.0991. The number of carbonyl (C=O) groups excluding carboxylic acids is 1. The Morgan fingerprint density at radius 1 is 0.958 bits per heavy atom. The number of nitrogens with one attached hydrogen (secondary N) is 1. The molecule has 0 radical (unpaired) electrons. The zero-order valence-corrected chi connectivity index (χ0v) is 13.3. The molecular weight excluding hydrogens is 296 g/mol. The molecule has 0 atom stereocenters. The van der Waals surface area contributed by atoms with E-state index < -0.39 is 0 Å². The first-order valence-electron chi connectivity index (χ1n) is 7.78. The normalized spacial score (nSPS) is 10.8. The molecule has 0 saturated heterocycles. The third-order valence-electron chi connectivity index (χ3n) is 3.84. The highest BCUT2D eigenvalue weighted by Gasteiger charge is 2.07. The molecule has 0 fully saturated rings. The van der Waals surface area contributed by atoms with Gasteiger partial charge >= 0.3 is 0 Å². The molecule has 3 nitrogen and oxygen atoms in total. The number of rotatable bonds is 6. The SMILES string of the molecule is C=Cc1ccccc1C(=O)CNN=Cc1cccc2ccccc12. The van der Waals surface area contributed by atoms with Gasteiger partial charge in [-0.05, 0) is 16.3 Å². The molecule has 118 valence electrons. The maximum absolute atomic E-state index is 12.3. The first-order valence-corrected chi connectivity index (χ1v) is 7.78. The lowest BCUT2D eigenvalue weighted by Gasteiger charge is -2.05. The standard InChI is InChI=1S/C21H18N2O/c1-2-16-8-3-6-13-20(16)21(24)15-23-22-14-18-11-7-10-17-9-4-5-12-19(17)18/h2-14,23H,1,15H2. The Balaban J connectivity index is 1.68. The van der Waals surface area contributed by atoms with Crippen LogP contribution in [0.4, 0.5) is 0 Å². The van der Waals surface area contributed by atoms with Gasteiger partial charge in [0.2, 0.25) is 0 Å². The molecule has 0 aliphatic rings. The van der Waals surface area contributed by atoms with Crippen molar-refractivity contribution in [1.29, 1.82) is 0 Å². The van der Waals surface area contributed by atoms with Crippen molar-refractivity contribution in [2.75, 3.05) is 6.54 Å². The van der Waals surface area contributed by atoms with Crippen LogP contribution in [0.3, 0.4) is 0 Å². The monoisotopic (exact) mass is 314 g/mol. The Hall–Kier alpha value is -3.20. The average molecular weight is 314 g/mol. The molecule has 24 heavy (non-hydrogen) atoms. The lowest BCUT2D eigenvalue weighted by atomic mass is 10.0. The van der Waals surface area contributed by atoms with Crippen molar-refractivity contribution in [3.63, 3.8) is 0 Å². The fourth-order valence-electron chi connectivity index (χ4n) is 2.62. The van der Waals surface area contributed by atoms with Crippen LogP contribution in [0.2, 0.25) is 0 Å². The number of carbonyl (C=O) groups is 1. The number of fused-ring (bicyclic) bond motifs is 1. The van der Waals surface area contributed by atoms with Gasteiger partial charge in [-0.25, -0.2) is 0 Å². The smallest absolute Gasteiger partial charge is 0.184 e. The third-order valence-corrected chi connectivity index (χ3v) is 3.84. The minimum atomic E-state index is -0.0134. The fourth-order valence-corrected chi connectivity index (χ4v) is 2.62. The van der Waals surface area contributed by atoms with Gasteiger partial charge in [0.05, 0.1) is 12.8 Å². The van der Waals surface area contributed by atoms with Crippen molar-refractivity contribution in [3.8, 4) is 0 Å². The van der Waals surface area contributed by atoms with E-state index in [0.717, 1.165) is 21.9 Å². The molecule has 0 aromatic heterocycles. The predicted molar refractivity (Wildman–Crippen MR) is 100 cm³/mol. The van der Waals surface area contributed by atoms with Crippen molar-refractivity contribution in [3.05, 3.63) is 90.0 Å². The van der Waals surface area contributed by atoms with E-state index in [1.165, 1.54) is 0 Å². The first kappa shape index (κ1) is 15.7. The molecule has 3 aromatic carbocycles. The van der Waals surface area contributed by atoms with Crippen LogP contribution in [0.25, 0.3) is 16.8 Å². The largest absolute Gasteiger partial charge is 0.302 e. The molecule has 0 saturated carbocycles. The maximum atomic E-state index is 12.3. The van der Waals surface area contributed by atoms with Gasteiger partial charge in [0.1, 0.15) is 0 Å². The second kappa shape index (κ2) is 7.38. The van der Waals surface area contributed by atoms with E-state index in [0.29, 0.717) is 5.56 Å². The number of hydrogen-bond donors (Lipinski definition) is 1. The number of nitrogens with zero attached hydrogens (tertiary/aromatic N) is 1. The Morgan fingerprint density at radius 2 is 1.67 bits per heavy atom. The summed E-state index contributed by atoms with van der Waals surface area (Å²) >= 11 is 0. The number of ketones is 1. The van der Waals surface area contributed by atoms with Gasteiger partial charge in [-0.2, -0.15) is 5.10 Å². The highest BCUT2D eigenvalue weighted by molar-refractivity contribution is 6.01. The Morgan fingerprint density at radius 3 is 2.54 bits per heavy atom. The van der Waals surface area contributed by atoms with Crippen molar-refractivity contribution in [1.82, 2.24) is 5.43 Å². The summed E-state index contributed by atoms with van der Waals surface area (Å²) in [7, 11) is 0. The van der Waals surface area contributed by atoms with E-state index in [1.807, 2.05) is 42.5 Å². The van der Waals surface area contributed by atoms with Crippen LogP contribution in [0.15, 0.2) is 78.4 Å². The first-order chi connectivity index (χ1) is 11.8. The molecule has 0 spiro atoms. The van der Waals surface area contributed by atoms with E-state index in [-0.39, 0.29) is 12.3 Å². The average Bonchev–Trinajstić information content (AvgIpc) is 2.65. The Kier molecular flexibility index (Phi) is 4.82. The zero-order chi connectivity index (χ0) is 16.8. The molecule has 0 aliphatic heterocycles. The summed E-state index contributed by atoms with van der Waals surface area (Å²) in [6, 6.07) is 21.6. The molecular formula is C21H18N2O. The van der Waals surface area contributed by atoms with Crippen molar-refractivity contribution in [2.45, 2.75) is 0 Å². The van der Waals surface area contributed by atoms with Crippen LogP contribution in [0, 0.1) is 0 Å². The fraction of sp³-hybridized carbons (Fsp3) is 0.0476. The van der Waals surface area contributed by atoms with E-state index in [1.54, 1.807) is 18.4 Å². The zero-order valence-electron chi connectivity index (χ0n) is 13.3. The van der Waals surface area contributed by atoms with E-state index in [9.17, 15) is 4.79 Å². The van der Waals surface area contributed by atoms with Crippen LogP contribution in [-0.2, 0) is 0 Å². The number of benzene rings is 3. The molecule has 3 aromatic rings. The second-order valence-electron chi connectivity index (χ2n) is 5.38. The van der Waals surface area contributed by atoms with E-state index in [2.05, 4.69) is 35.3 Å². The molecule has 0 heterocycles. The van der Waals surface area contributed by atoms with E-state index >= 15 is 0 Å². The van der Waals surface area contributed by atoms with Gasteiger partial charge in [0, 0.05) is 11.1 Å². The molecule has 0 bridgehead atoms. The van der Waals surface area contributed by atoms with Crippen LogP contribution < -0.4 is 5.43 Å². The topological polar surface area (TPSA) is 41.5 Å². The van der Waals surface area contributed by atoms with Crippen LogP contribution in [0.5, 0.6) is 0 Å². The number of hydrogen-bond acceptors (Lipinski definition) is 3. The molecule has 0 amide bonds. The molecule has 0 unspecified atom stereocenters. The number of hydrazone groups is 1. The van der Waals surface area contributed by atoms with Crippen LogP contribution >= 0.6 is 0 Å². The van der Waals surface area contributed by atoms with E-state index in [4.69, 9.17) is 0 Å². The summed E-state index contributed by atoms with van der Waals surface area (Å²) in [4.78, 5) is 12.3. The van der Waals surface area contributed by atoms with Crippen LogP contribution in [-0.4, -0.2) is 18.5 Å².